The van der Waals surface area contributed by atoms with E-state index in [0.29, 0.717) is 19.3 Å². The van der Waals surface area contributed by atoms with Crippen LogP contribution in [-0.4, -0.2) is 37.2 Å². The number of allylic oxidation sites excluding steroid dienone is 12. The van der Waals surface area contributed by atoms with E-state index in [1.807, 2.05) is 0 Å². The first-order valence-corrected chi connectivity index (χ1v) is 32.9. The van der Waals surface area contributed by atoms with E-state index >= 15 is 0 Å². The van der Waals surface area contributed by atoms with Gasteiger partial charge in [0, 0.05) is 19.3 Å². The monoisotopic (exact) mass is 1060 g/mol. The quantitative estimate of drug-likeness (QED) is 0.0261. The second-order valence-electron chi connectivity index (χ2n) is 22.0. The van der Waals surface area contributed by atoms with Crippen LogP contribution in [0.5, 0.6) is 0 Å². The van der Waals surface area contributed by atoms with Crippen molar-refractivity contribution in [3.05, 3.63) is 72.9 Å². The van der Waals surface area contributed by atoms with Crippen molar-refractivity contribution in [2.45, 2.75) is 341 Å². The number of ether oxygens (including phenoxy) is 3. The average Bonchev–Trinajstić information content (AvgIpc) is 3.42. The first-order chi connectivity index (χ1) is 37.5. The number of hydrogen-bond acceptors (Lipinski definition) is 6. The van der Waals surface area contributed by atoms with E-state index in [1.165, 1.54) is 173 Å². The molecule has 6 nitrogen and oxygen atoms in total. The van der Waals surface area contributed by atoms with Crippen LogP contribution in [0.2, 0.25) is 0 Å². The SMILES string of the molecule is CC/C=C\C/C=C\C/C=C\C/C=C\CCCCCCC(=O)OC(COC(=O)CCCCCCC/C=C\C/C=C\CCCC)COC(=O)CCCCCCCCCCCCCCCCCCCCCCCCCCCCC. The van der Waals surface area contributed by atoms with Gasteiger partial charge in [0.05, 0.1) is 0 Å². The van der Waals surface area contributed by atoms with Crippen molar-refractivity contribution in [2.75, 3.05) is 13.2 Å². The summed E-state index contributed by atoms with van der Waals surface area (Å²) in [7, 11) is 0. The molecular weight excluding hydrogens is 937 g/mol. The standard InChI is InChI=1S/C70H124O6/c1-4-7-10-13-16-19-22-25-28-30-31-32-33-34-35-36-37-38-39-41-42-45-48-51-54-57-60-63-69(72)75-66-67(65-74-68(71)62-59-56-53-50-47-44-27-24-21-18-15-12-9-6-3)76-70(73)64-61-58-55-52-49-46-43-40-29-26-23-20-17-14-11-8-5-2/h8,11,15,17-18,20,24,26-27,29,43,46,67H,4-7,9-10,12-14,16,19,21-23,25,28,30-42,44-45,47-66H2,1-3H3/b11-8-,18-15-,20-17-,27-24-,29-26-,46-43-. The number of carbonyl (C=O) groups excluding carboxylic acids is 3. The Hall–Kier alpha value is -3.15. The summed E-state index contributed by atoms with van der Waals surface area (Å²) in [5.74, 6) is -0.911. The molecule has 0 aromatic rings. The molecule has 1 unspecified atom stereocenters. The lowest BCUT2D eigenvalue weighted by atomic mass is 10.0. The molecule has 0 spiro atoms. The van der Waals surface area contributed by atoms with Gasteiger partial charge in [-0.3, -0.25) is 14.4 Å². The van der Waals surface area contributed by atoms with Gasteiger partial charge in [0.2, 0.25) is 0 Å². The van der Waals surface area contributed by atoms with Crippen molar-refractivity contribution < 1.29 is 28.6 Å². The molecule has 0 aromatic heterocycles. The van der Waals surface area contributed by atoms with Crippen LogP contribution < -0.4 is 0 Å². The first-order valence-electron chi connectivity index (χ1n) is 32.9. The zero-order valence-electron chi connectivity index (χ0n) is 50.5. The maximum atomic E-state index is 12.9. The molecule has 0 aliphatic carbocycles. The molecular formula is C70H124O6. The van der Waals surface area contributed by atoms with Crippen LogP contribution in [0, 0.1) is 0 Å². The molecule has 0 aliphatic rings. The summed E-state index contributed by atoms with van der Waals surface area (Å²) in [5.41, 5.74) is 0. The van der Waals surface area contributed by atoms with Crippen molar-refractivity contribution in [3.63, 3.8) is 0 Å². The van der Waals surface area contributed by atoms with Crippen LogP contribution >= 0.6 is 0 Å². The predicted octanol–water partition coefficient (Wildman–Crippen LogP) is 22.5. The van der Waals surface area contributed by atoms with Gasteiger partial charge in [0.25, 0.3) is 0 Å². The molecule has 0 N–H and O–H groups in total. The Morgan fingerprint density at radius 2 is 0.526 bits per heavy atom. The van der Waals surface area contributed by atoms with Gasteiger partial charge < -0.3 is 14.2 Å². The Kier molecular flexibility index (Phi) is 61.7. The fourth-order valence-electron chi connectivity index (χ4n) is 9.51. The Labute approximate surface area is 472 Å². The van der Waals surface area contributed by atoms with Gasteiger partial charge in [-0.1, -0.05) is 306 Å². The van der Waals surface area contributed by atoms with Crippen LogP contribution in [0.4, 0.5) is 0 Å². The molecule has 0 aromatic carbocycles. The number of rotatable bonds is 60. The summed E-state index contributed by atoms with van der Waals surface area (Å²) >= 11 is 0. The van der Waals surface area contributed by atoms with Crippen LogP contribution in [-0.2, 0) is 28.6 Å². The molecule has 440 valence electrons. The van der Waals surface area contributed by atoms with E-state index in [9.17, 15) is 14.4 Å². The normalized spacial score (nSPS) is 12.5. The summed E-state index contributed by atoms with van der Waals surface area (Å²) in [6.07, 6.45) is 83.5. The maximum Gasteiger partial charge on any atom is 0.306 e. The fourth-order valence-corrected chi connectivity index (χ4v) is 9.51. The van der Waals surface area contributed by atoms with Crippen LogP contribution in [0.3, 0.4) is 0 Å². The highest BCUT2D eigenvalue weighted by Crippen LogP contribution is 2.18. The molecule has 0 saturated carbocycles. The van der Waals surface area contributed by atoms with Crippen LogP contribution in [0.15, 0.2) is 72.9 Å². The molecule has 76 heavy (non-hydrogen) atoms. The highest BCUT2D eigenvalue weighted by atomic mass is 16.6. The number of carbonyl (C=O) groups is 3. The van der Waals surface area contributed by atoms with Gasteiger partial charge in [-0.15, -0.1) is 0 Å². The average molecular weight is 1060 g/mol. The van der Waals surface area contributed by atoms with Crippen molar-refractivity contribution in [1.29, 1.82) is 0 Å². The van der Waals surface area contributed by atoms with Crippen LogP contribution in [0.1, 0.15) is 335 Å². The molecule has 0 saturated heterocycles. The van der Waals surface area contributed by atoms with Crippen molar-refractivity contribution in [3.8, 4) is 0 Å². The van der Waals surface area contributed by atoms with Gasteiger partial charge in [-0.25, -0.2) is 0 Å². The summed E-state index contributed by atoms with van der Waals surface area (Å²) in [6.45, 7) is 6.50. The van der Waals surface area contributed by atoms with E-state index in [0.717, 1.165) is 122 Å². The molecule has 0 bridgehead atoms. The molecule has 6 heteroatoms. The van der Waals surface area contributed by atoms with Gasteiger partial charge in [0.15, 0.2) is 6.10 Å². The lowest BCUT2D eigenvalue weighted by Crippen LogP contribution is -2.30. The Morgan fingerprint density at radius 3 is 0.842 bits per heavy atom. The van der Waals surface area contributed by atoms with E-state index < -0.39 is 6.10 Å². The minimum absolute atomic E-state index is 0.0875. The third-order valence-corrected chi connectivity index (χ3v) is 14.4. The molecule has 0 heterocycles. The van der Waals surface area contributed by atoms with Crippen molar-refractivity contribution >= 4 is 17.9 Å². The Balaban J connectivity index is 4.26. The van der Waals surface area contributed by atoms with Gasteiger partial charge in [-0.2, -0.15) is 0 Å². The molecule has 0 amide bonds. The summed E-state index contributed by atoms with van der Waals surface area (Å²) in [4.78, 5) is 38.3. The number of unbranched alkanes of at least 4 members (excludes halogenated alkanes) is 37. The molecule has 1 atom stereocenters. The zero-order valence-corrected chi connectivity index (χ0v) is 50.5. The minimum Gasteiger partial charge on any atom is -0.462 e. The van der Waals surface area contributed by atoms with E-state index in [4.69, 9.17) is 14.2 Å². The minimum atomic E-state index is -0.794. The first kappa shape index (κ1) is 72.8. The van der Waals surface area contributed by atoms with Gasteiger partial charge in [0.1, 0.15) is 13.2 Å². The third-order valence-electron chi connectivity index (χ3n) is 14.4. The largest absolute Gasteiger partial charge is 0.462 e. The highest BCUT2D eigenvalue weighted by molar-refractivity contribution is 5.71. The lowest BCUT2D eigenvalue weighted by molar-refractivity contribution is -0.167. The summed E-state index contributed by atoms with van der Waals surface area (Å²) < 4.78 is 16.9. The van der Waals surface area contributed by atoms with Crippen molar-refractivity contribution in [1.82, 2.24) is 0 Å². The second kappa shape index (κ2) is 64.4. The van der Waals surface area contributed by atoms with Crippen LogP contribution in [0.25, 0.3) is 0 Å². The smallest absolute Gasteiger partial charge is 0.306 e. The number of esters is 3. The molecule has 0 aliphatic heterocycles. The second-order valence-corrected chi connectivity index (χ2v) is 22.0. The summed E-state index contributed by atoms with van der Waals surface area (Å²) in [5, 5.41) is 0. The molecule has 0 radical (unpaired) electrons. The third kappa shape index (κ3) is 61.7. The maximum absolute atomic E-state index is 12.9. The fraction of sp³-hybridized carbons (Fsp3) is 0.786. The summed E-state index contributed by atoms with van der Waals surface area (Å²) in [6, 6.07) is 0. The topological polar surface area (TPSA) is 78.9 Å². The van der Waals surface area contributed by atoms with Gasteiger partial charge in [-0.05, 0) is 83.5 Å². The molecule has 0 rings (SSSR count). The zero-order chi connectivity index (χ0) is 55.0. The van der Waals surface area contributed by atoms with Gasteiger partial charge >= 0.3 is 17.9 Å². The van der Waals surface area contributed by atoms with E-state index in [-0.39, 0.29) is 31.1 Å². The Morgan fingerprint density at radius 1 is 0.276 bits per heavy atom. The highest BCUT2D eigenvalue weighted by Gasteiger charge is 2.19. The molecule has 0 fully saturated rings. The lowest BCUT2D eigenvalue weighted by Gasteiger charge is -2.18. The van der Waals surface area contributed by atoms with Crippen molar-refractivity contribution in [2.24, 2.45) is 0 Å². The predicted molar refractivity (Wildman–Crippen MR) is 330 cm³/mol. The van der Waals surface area contributed by atoms with E-state index in [1.54, 1.807) is 0 Å². The Bertz CT molecular complexity index is 1400. The van der Waals surface area contributed by atoms with E-state index in [2.05, 4.69) is 93.7 Å². The number of hydrogen-bond donors (Lipinski definition) is 0.